The third-order valence-corrected chi connectivity index (χ3v) is 2.88. The van der Waals surface area contributed by atoms with E-state index < -0.39 is 0 Å². The maximum Gasteiger partial charge on any atom is 0.0828 e. The van der Waals surface area contributed by atoms with Crippen LogP contribution in [0.1, 0.15) is 32.1 Å². The quantitative estimate of drug-likeness (QED) is 0.606. The minimum Gasteiger partial charge on any atom is -0.374 e. The van der Waals surface area contributed by atoms with Crippen LogP contribution in [0, 0.1) is 5.92 Å². The second-order valence-electron chi connectivity index (χ2n) is 3.65. The van der Waals surface area contributed by atoms with Gasteiger partial charge in [0, 0.05) is 6.54 Å². The Morgan fingerprint density at radius 1 is 1.18 bits per heavy atom. The molecule has 0 aromatic rings. The van der Waals surface area contributed by atoms with Gasteiger partial charge in [0.05, 0.1) is 12.4 Å². The Morgan fingerprint density at radius 3 is 2.64 bits per heavy atom. The summed E-state index contributed by atoms with van der Waals surface area (Å²) in [6.07, 6.45) is 8.99. The van der Waals surface area contributed by atoms with Crippen molar-refractivity contribution < 1.29 is 0 Å². The van der Waals surface area contributed by atoms with Crippen LogP contribution in [0.5, 0.6) is 0 Å². The lowest BCUT2D eigenvalue weighted by Gasteiger charge is -2.24. The van der Waals surface area contributed by atoms with Gasteiger partial charge in [-0.2, -0.15) is 0 Å². The molecule has 1 saturated carbocycles. The standard InChI is InChI=1S/C9H16N2/c1-2-4-8(5-3-1)9-6-10-7-11-9/h7-9H,1-6H2,(H,10,11). The second kappa shape index (κ2) is 3.24. The summed E-state index contributed by atoms with van der Waals surface area (Å²) in [5.74, 6) is 0.884. The molecular weight excluding hydrogens is 136 g/mol. The smallest absolute Gasteiger partial charge is 0.0828 e. The summed E-state index contributed by atoms with van der Waals surface area (Å²) in [6.45, 7) is 1.09. The minimum atomic E-state index is 0.607. The van der Waals surface area contributed by atoms with Crippen LogP contribution in [0.25, 0.3) is 0 Å². The summed E-state index contributed by atoms with van der Waals surface area (Å²) in [5, 5.41) is 3.18. The van der Waals surface area contributed by atoms with Crippen LogP contribution in [0.15, 0.2) is 4.99 Å². The Kier molecular flexibility index (Phi) is 2.11. The van der Waals surface area contributed by atoms with Crippen LogP contribution in [0.3, 0.4) is 0 Å². The van der Waals surface area contributed by atoms with E-state index in [4.69, 9.17) is 0 Å². The van der Waals surface area contributed by atoms with E-state index in [1.807, 2.05) is 6.34 Å². The number of hydrogen-bond donors (Lipinski definition) is 1. The third kappa shape index (κ3) is 1.55. The molecule has 0 aromatic heterocycles. The molecule has 0 bridgehead atoms. The number of hydrogen-bond acceptors (Lipinski definition) is 2. The monoisotopic (exact) mass is 152 g/mol. The van der Waals surface area contributed by atoms with E-state index in [1.165, 1.54) is 32.1 Å². The van der Waals surface area contributed by atoms with Gasteiger partial charge in [-0.3, -0.25) is 4.99 Å². The van der Waals surface area contributed by atoms with Gasteiger partial charge >= 0.3 is 0 Å². The van der Waals surface area contributed by atoms with Crippen LogP contribution in [-0.4, -0.2) is 18.9 Å². The summed E-state index contributed by atoms with van der Waals surface area (Å²) in [5.41, 5.74) is 0. The molecule has 0 spiro atoms. The predicted octanol–water partition coefficient (Wildman–Crippen LogP) is 1.57. The summed E-state index contributed by atoms with van der Waals surface area (Å²) >= 11 is 0. The first-order chi connectivity index (χ1) is 5.47. The maximum absolute atomic E-state index is 4.42. The zero-order chi connectivity index (χ0) is 7.52. The second-order valence-corrected chi connectivity index (χ2v) is 3.65. The Morgan fingerprint density at radius 2 is 2.00 bits per heavy atom. The summed E-state index contributed by atoms with van der Waals surface area (Å²) in [4.78, 5) is 4.42. The normalized spacial score (nSPS) is 32.2. The van der Waals surface area contributed by atoms with E-state index in [9.17, 15) is 0 Å². The Labute approximate surface area is 68.1 Å². The Balaban J connectivity index is 1.87. The van der Waals surface area contributed by atoms with Crippen LogP contribution < -0.4 is 5.32 Å². The van der Waals surface area contributed by atoms with Crippen molar-refractivity contribution in [2.24, 2.45) is 10.9 Å². The topological polar surface area (TPSA) is 24.4 Å². The molecule has 0 amide bonds. The van der Waals surface area contributed by atoms with E-state index in [0.29, 0.717) is 6.04 Å². The van der Waals surface area contributed by atoms with E-state index >= 15 is 0 Å². The van der Waals surface area contributed by atoms with Gasteiger partial charge in [0.25, 0.3) is 0 Å². The minimum absolute atomic E-state index is 0.607. The highest BCUT2D eigenvalue weighted by molar-refractivity contribution is 5.57. The molecule has 2 heteroatoms. The zero-order valence-electron chi connectivity index (χ0n) is 6.92. The van der Waals surface area contributed by atoms with Crippen LogP contribution in [-0.2, 0) is 0 Å². The SMILES string of the molecule is C1=NC(C2CCCCC2)CN1. The van der Waals surface area contributed by atoms with Crippen molar-refractivity contribution in [3.63, 3.8) is 0 Å². The van der Waals surface area contributed by atoms with Gasteiger partial charge in [-0.15, -0.1) is 0 Å². The molecule has 1 unspecified atom stereocenters. The van der Waals surface area contributed by atoms with Crippen molar-refractivity contribution in [2.45, 2.75) is 38.1 Å². The van der Waals surface area contributed by atoms with E-state index in [-0.39, 0.29) is 0 Å². The molecule has 1 aliphatic heterocycles. The third-order valence-electron chi connectivity index (χ3n) is 2.88. The van der Waals surface area contributed by atoms with E-state index in [1.54, 1.807) is 0 Å². The molecule has 1 fully saturated rings. The van der Waals surface area contributed by atoms with E-state index in [2.05, 4.69) is 10.3 Å². The van der Waals surface area contributed by atoms with Gasteiger partial charge in [-0.05, 0) is 18.8 Å². The highest BCUT2D eigenvalue weighted by atomic mass is 15.0. The molecule has 2 rings (SSSR count). The van der Waals surface area contributed by atoms with Crippen molar-refractivity contribution in [3.05, 3.63) is 0 Å². The number of nitrogens with one attached hydrogen (secondary N) is 1. The first-order valence-corrected chi connectivity index (χ1v) is 4.72. The molecule has 2 nitrogen and oxygen atoms in total. The molecule has 0 saturated heterocycles. The fraction of sp³-hybridized carbons (Fsp3) is 0.889. The van der Waals surface area contributed by atoms with Crippen LogP contribution >= 0.6 is 0 Å². The van der Waals surface area contributed by atoms with Gasteiger partial charge in [-0.25, -0.2) is 0 Å². The average molecular weight is 152 g/mol. The Hall–Kier alpha value is -0.530. The van der Waals surface area contributed by atoms with Crippen LogP contribution in [0.4, 0.5) is 0 Å². The van der Waals surface area contributed by atoms with Gasteiger partial charge in [0.15, 0.2) is 0 Å². The first kappa shape index (κ1) is 7.14. The molecule has 11 heavy (non-hydrogen) atoms. The number of nitrogens with zero attached hydrogens (tertiary/aromatic N) is 1. The summed E-state index contributed by atoms with van der Waals surface area (Å²) < 4.78 is 0. The van der Waals surface area contributed by atoms with Crippen LogP contribution in [0.2, 0.25) is 0 Å². The van der Waals surface area contributed by atoms with Gasteiger partial charge in [0.2, 0.25) is 0 Å². The van der Waals surface area contributed by atoms with Crippen molar-refractivity contribution in [2.75, 3.05) is 6.54 Å². The summed E-state index contributed by atoms with van der Waals surface area (Å²) in [6, 6.07) is 0.607. The molecule has 0 aromatic carbocycles. The molecule has 62 valence electrons. The fourth-order valence-electron chi connectivity index (χ4n) is 2.18. The number of aliphatic imine (C=N–C) groups is 1. The molecule has 1 aliphatic carbocycles. The molecule has 2 aliphatic rings. The first-order valence-electron chi connectivity index (χ1n) is 4.72. The lowest BCUT2D eigenvalue weighted by molar-refractivity contribution is 0.312. The van der Waals surface area contributed by atoms with Crippen molar-refractivity contribution in [3.8, 4) is 0 Å². The maximum atomic E-state index is 4.42. The highest BCUT2D eigenvalue weighted by Crippen LogP contribution is 2.28. The van der Waals surface area contributed by atoms with Crippen molar-refractivity contribution in [1.82, 2.24) is 5.32 Å². The molecule has 1 N–H and O–H groups in total. The van der Waals surface area contributed by atoms with E-state index in [0.717, 1.165) is 12.5 Å². The lowest BCUT2D eigenvalue weighted by atomic mass is 9.84. The Bertz CT molecular complexity index is 148. The van der Waals surface area contributed by atoms with Gasteiger partial charge in [0.1, 0.15) is 0 Å². The molecule has 0 radical (unpaired) electrons. The predicted molar refractivity (Wildman–Crippen MR) is 46.9 cm³/mol. The van der Waals surface area contributed by atoms with Crippen molar-refractivity contribution in [1.29, 1.82) is 0 Å². The van der Waals surface area contributed by atoms with Gasteiger partial charge in [-0.1, -0.05) is 19.3 Å². The number of rotatable bonds is 1. The fourth-order valence-corrected chi connectivity index (χ4v) is 2.18. The summed E-state index contributed by atoms with van der Waals surface area (Å²) in [7, 11) is 0. The average Bonchev–Trinajstić information content (AvgIpc) is 2.58. The highest BCUT2D eigenvalue weighted by Gasteiger charge is 2.23. The largest absolute Gasteiger partial charge is 0.374 e. The molecular formula is C9H16N2. The lowest BCUT2D eigenvalue weighted by Crippen LogP contribution is -2.25. The molecule has 1 heterocycles. The molecule has 1 atom stereocenters. The van der Waals surface area contributed by atoms with Crippen molar-refractivity contribution >= 4 is 6.34 Å². The zero-order valence-corrected chi connectivity index (χ0v) is 6.92. The van der Waals surface area contributed by atoms with Gasteiger partial charge < -0.3 is 5.32 Å².